The molecule has 0 unspecified atom stereocenters. The second-order valence-corrected chi connectivity index (χ2v) is 5.20. The van der Waals surface area contributed by atoms with Crippen LogP contribution in [0.2, 0.25) is 0 Å². The summed E-state index contributed by atoms with van der Waals surface area (Å²) < 4.78 is 30.5. The van der Waals surface area contributed by atoms with Gasteiger partial charge in [-0.2, -0.15) is 13.5 Å². The van der Waals surface area contributed by atoms with Crippen LogP contribution in [0.3, 0.4) is 0 Å². The fourth-order valence-corrected chi connectivity index (χ4v) is 1.90. The number of anilines is 1. The summed E-state index contributed by atoms with van der Waals surface area (Å²) in [6, 6.07) is 15.2. The van der Waals surface area contributed by atoms with E-state index in [4.69, 9.17) is 4.55 Å². The van der Waals surface area contributed by atoms with Gasteiger partial charge in [0.15, 0.2) is 0 Å². The molecule has 6 heteroatoms. The van der Waals surface area contributed by atoms with Gasteiger partial charge in [-0.15, -0.1) is 0 Å². The van der Waals surface area contributed by atoms with Crippen molar-refractivity contribution in [1.82, 2.24) is 0 Å². The highest BCUT2D eigenvalue weighted by Crippen LogP contribution is 2.09. The number of hydrogen-bond acceptors (Lipinski definition) is 4. The summed E-state index contributed by atoms with van der Waals surface area (Å²) in [4.78, 5) is -0.138. The lowest BCUT2D eigenvalue weighted by Gasteiger charge is -1.99. The SMILES string of the molecule is O=S(=O)(O)c1ccc(C=NNc2ccccc2)cc1. The Hall–Kier alpha value is -2.18. The number of nitrogens with zero attached hydrogens (tertiary/aromatic N) is 1. The summed E-state index contributed by atoms with van der Waals surface area (Å²) in [6.07, 6.45) is 1.56. The summed E-state index contributed by atoms with van der Waals surface area (Å²) in [5.74, 6) is 0. The highest BCUT2D eigenvalue weighted by Gasteiger charge is 2.07. The predicted octanol–water partition coefficient (Wildman–Crippen LogP) is 2.38. The van der Waals surface area contributed by atoms with Crippen LogP contribution in [0.25, 0.3) is 0 Å². The summed E-state index contributed by atoms with van der Waals surface area (Å²) in [5.41, 5.74) is 4.41. The van der Waals surface area contributed by atoms with Crippen molar-refractivity contribution < 1.29 is 13.0 Å². The van der Waals surface area contributed by atoms with E-state index in [0.29, 0.717) is 0 Å². The van der Waals surface area contributed by atoms with Crippen molar-refractivity contribution in [2.75, 3.05) is 5.43 Å². The van der Waals surface area contributed by atoms with Crippen LogP contribution in [-0.4, -0.2) is 19.2 Å². The zero-order valence-corrected chi connectivity index (χ0v) is 10.7. The van der Waals surface area contributed by atoms with E-state index in [-0.39, 0.29) is 4.90 Å². The lowest BCUT2D eigenvalue weighted by Crippen LogP contribution is -1.98. The summed E-state index contributed by atoms with van der Waals surface area (Å²) in [5, 5.41) is 4.02. The molecule has 0 aliphatic carbocycles. The topological polar surface area (TPSA) is 78.8 Å². The number of benzene rings is 2. The third-order valence-electron chi connectivity index (χ3n) is 2.36. The number of hydrazone groups is 1. The van der Waals surface area contributed by atoms with E-state index < -0.39 is 10.1 Å². The molecule has 0 aliphatic rings. The molecule has 0 saturated heterocycles. The molecule has 2 rings (SSSR count). The molecule has 5 nitrogen and oxygen atoms in total. The number of para-hydroxylation sites is 1. The third-order valence-corrected chi connectivity index (χ3v) is 3.23. The van der Waals surface area contributed by atoms with Gasteiger partial charge in [0, 0.05) is 0 Å². The quantitative estimate of drug-likeness (QED) is 0.510. The van der Waals surface area contributed by atoms with Crippen LogP contribution < -0.4 is 5.43 Å². The minimum atomic E-state index is -4.14. The Bertz CT molecular complexity index is 665. The summed E-state index contributed by atoms with van der Waals surface area (Å²) >= 11 is 0. The van der Waals surface area contributed by atoms with Gasteiger partial charge in [0.25, 0.3) is 10.1 Å². The van der Waals surface area contributed by atoms with Gasteiger partial charge < -0.3 is 0 Å². The van der Waals surface area contributed by atoms with Gasteiger partial charge in [0.2, 0.25) is 0 Å². The molecule has 0 heterocycles. The Morgan fingerprint density at radius 3 is 2.21 bits per heavy atom. The van der Waals surface area contributed by atoms with E-state index in [9.17, 15) is 8.42 Å². The number of rotatable bonds is 4. The largest absolute Gasteiger partial charge is 0.294 e. The van der Waals surface area contributed by atoms with Gasteiger partial charge in [-0.25, -0.2) is 0 Å². The molecule has 0 amide bonds. The monoisotopic (exact) mass is 276 g/mol. The molecule has 0 aliphatic heterocycles. The molecule has 19 heavy (non-hydrogen) atoms. The smallest absolute Gasteiger partial charge is 0.282 e. The molecule has 2 aromatic rings. The van der Waals surface area contributed by atoms with Gasteiger partial charge in [0.05, 0.1) is 16.8 Å². The highest BCUT2D eigenvalue weighted by molar-refractivity contribution is 7.85. The summed E-state index contributed by atoms with van der Waals surface area (Å²) in [6.45, 7) is 0. The molecule has 0 spiro atoms. The first-order chi connectivity index (χ1) is 9.05. The first-order valence-corrected chi connectivity index (χ1v) is 6.91. The number of hydrogen-bond donors (Lipinski definition) is 2. The van der Waals surface area contributed by atoms with Crippen LogP contribution >= 0.6 is 0 Å². The maximum atomic E-state index is 10.9. The summed E-state index contributed by atoms with van der Waals surface area (Å²) in [7, 11) is -4.14. The molecule has 2 N–H and O–H groups in total. The molecule has 0 atom stereocenters. The van der Waals surface area contributed by atoms with Gasteiger partial charge in [0.1, 0.15) is 0 Å². The molecule has 0 bridgehead atoms. The van der Waals surface area contributed by atoms with Crippen LogP contribution in [0.1, 0.15) is 5.56 Å². The van der Waals surface area contributed by atoms with Crippen LogP contribution in [-0.2, 0) is 10.1 Å². The fraction of sp³-hybridized carbons (Fsp3) is 0. The lowest BCUT2D eigenvalue weighted by atomic mass is 10.2. The molecule has 0 saturated carbocycles. The first kappa shape index (κ1) is 13.3. The zero-order valence-electron chi connectivity index (χ0n) is 9.89. The second kappa shape index (κ2) is 5.64. The molecule has 0 radical (unpaired) electrons. The Balaban J connectivity index is 2.04. The van der Waals surface area contributed by atoms with Gasteiger partial charge in [-0.1, -0.05) is 30.3 Å². The van der Waals surface area contributed by atoms with Crippen molar-refractivity contribution in [3.8, 4) is 0 Å². The minimum Gasteiger partial charge on any atom is -0.282 e. The zero-order chi connectivity index (χ0) is 13.7. The molecule has 98 valence electrons. The van der Waals surface area contributed by atoms with E-state index in [2.05, 4.69) is 10.5 Å². The van der Waals surface area contributed by atoms with E-state index in [0.717, 1.165) is 11.3 Å². The average Bonchev–Trinajstić information content (AvgIpc) is 2.39. The highest BCUT2D eigenvalue weighted by atomic mass is 32.2. The van der Waals surface area contributed by atoms with Crippen molar-refractivity contribution in [2.45, 2.75) is 4.90 Å². The van der Waals surface area contributed by atoms with Crippen molar-refractivity contribution in [3.63, 3.8) is 0 Å². The number of nitrogens with one attached hydrogen (secondary N) is 1. The van der Waals surface area contributed by atoms with Crippen molar-refractivity contribution in [1.29, 1.82) is 0 Å². The first-order valence-electron chi connectivity index (χ1n) is 5.47. The van der Waals surface area contributed by atoms with E-state index in [1.54, 1.807) is 18.3 Å². The maximum Gasteiger partial charge on any atom is 0.294 e. The Kier molecular flexibility index (Phi) is 3.94. The van der Waals surface area contributed by atoms with E-state index in [1.165, 1.54) is 12.1 Å². The lowest BCUT2D eigenvalue weighted by molar-refractivity contribution is 0.483. The Labute approximate surface area is 111 Å². The Morgan fingerprint density at radius 2 is 1.63 bits per heavy atom. The van der Waals surface area contributed by atoms with E-state index >= 15 is 0 Å². The van der Waals surface area contributed by atoms with Crippen LogP contribution in [0.15, 0.2) is 64.6 Å². The fourth-order valence-electron chi connectivity index (χ4n) is 1.42. The van der Waals surface area contributed by atoms with Gasteiger partial charge in [-0.05, 0) is 29.8 Å². The van der Waals surface area contributed by atoms with Crippen molar-refractivity contribution in [2.24, 2.45) is 5.10 Å². The van der Waals surface area contributed by atoms with Gasteiger partial charge in [-0.3, -0.25) is 9.98 Å². The standard InChI is InChI=1S/C13H12N2O3S/c16-19(17,18)13-8-6-11(7-9-13)10-14-15-12-4-2-1-3-5-12/h1-10,15H,(H,16,17,18). The third kappa shape index (κ3) is 3.90. The Morgan fingerprint density at radius 1 is 1.00 bits per heavy atom. The normalized spacial score (nSPS) is 11.6. The maximum absolute atomic E-state index is 10.9. The molecule has 0 fully saturated rings. The minimum absolute atomic E-state index is 0.138. The van der Waals surface area contributed by atoms with Crippen molar-refractivity contribution in [3.05, 3.63) is 60.2 Å². The van der Waals surface area contributed by atoms with Crippen molar-refractivity contribution >= 4 is 22.0 Å². The molecular weight excluding hydrogens is 264 g/mol. The molecule has 2 aromatic carbocycles. The van der Waals surface area contributed by atoms with E-state index in [1.807, 2.05) is 30.3 Å². The van der Waals surface area contributed by atoms with Crippen LogP contribution in [0, 0.1) is 0 Å². The van der Waals surface area contributed by atoms with Crippen LogP contribution in [0.5, 0.6) is 0 Å². The van der Waals surface area contributed by atoms with Crippen LogP contribution in [0.4, 0.5) is 5.69 Å². The molecular formula is C13H12N2O3S. The second-order valence-electron chi connectivity index (χ2n) is 3.78. The predicted molar refractivity (Wildman–Crippen MR) is 73.9 cm³/mol. The molecule has 0 aromatic heterocycles. The van der Waals surface area contributed by atoms with Gasteiger partial charge >= 0.3 is 0 Å². The average molecular weight is 276 g/mol.